The molecule has 0 heterocycles. The summed E-state index contributed by atoms with van der Waals surface area (Å²) in [4.78, 5) is 42.6. The molecule has 1 rings (SSSR count). The predicted molar refractivity (Wildman–Crippen MR) is 164 cm³/mol. The molecule has 7 heteroatoms. The van der Waals surface area contributed by atoms with Crippen LogP contribution in [0.5, 0.6) is 0 Å². The monoisotopic (exact) mass is 559 g/mol. The fraction of sp³-hybridized carbons (Fsp3) is 0.727. The number of nitrogens with zero attached hydrogens (tertiary/aromatic N) is 1. The number of alkyl carbamates (subject to hydrolysis) is 1. The zero-order chi connectivity index (χ0) is 30.3. The maximum Gasteiger partial charge on any atom is 0.408 e. The van der Waals surface area contributed by atoms with E-state index in [-0.39, 0.29) is 17.7 Å². The number of amides is 3. The SMILES string of the molecule is CCCCCCCCN(C(=O)C(CC(C)C)NC(=O)OC(C)(C)C)C(C(=O)NCCCC)c1ccc(C)c(C)c1. The normalized spacial score (nSPS) is 13.1. The van der Waals surface area contributed by atoms with Crippen LogP contribution in [0, 0.1) is 19.8 Å². The Morgan fingerprint density at radius 1 is 0.900 bits per heavy atom. The highest BCUT2D eigenvalue weighted by Crippen LogP contribution is 2.27. The lowest BCUT2D eigenvalue weighted by Gasteiger charge is -2.35. The quantitative estimate of drug-likeness (QED) is 0.195. The van der Waals surface area contributed by atoms with Crippen molar-refractivity contribution in [1.29, 1.82) is 0 Å². The van der Waals surface area contributed by atoms with Crippen LogP contribution in [0.2, 0.25) is 0 Å². The second kappa shape index (κ2) is 18.0. The smallest absolute Gasteiger partial charge is 0.408 e. The first-order valence-electron chi connectivity index (χ1n) is 15.5. The van der Waals surface area contributed by atoms with Gasteiger partial charge < -0.3 is 20.3 Å². The Balaban J connectivity index is 3.46. The summed E-state index contributed by atoms with van der Waals surface area (Å²) in [7, 11) is 0. The molecule has 0 aliphatic rings. The first-order chi connectivity index (χ1) is 18.8. The summed E-state index contributed by atoms with van der Waals surface area (Å²) in [6.45, 7) is 18.8. The Hall–Kier alpha value is -2.57. The average molecular weight is 560 g/mol. The Kier molecular flexibility index (Phi) is 15.9. The Bertz CT molecular complexity index is 923. The third-order valence-corrected chi connectivity index (χ3v) is 6.97. The molecule has 1 aromatic carbocycles. The standard InChI is InChI=1S/C33H57N3O4/c1-10-12-14-15-16-17-21-36(31(38)28(22-24(3)4)35-32(39)40-33(7,8)9)29(30(37)34-20-13-11-2)27-19-18-25(5)26(6)23-27/h18-19,23-24,28-29H,10-17,20-22H2,1-9H3,(H,34,37)(H,35,39). The predicted octanol–water partition coefficient (Wildman–Crippen LogP) is 7.39. The van der Waals surface area contributed by atoms with E-state index in [0.717, 1.165) is 48.8 Å². The van der Waals surface area contributed by atoms with Crippen LogP contribution in [0.3, 0.4) is 0 Å². The number of rotatable bonds is 17. The van der Waals surface area contributed by atoms with E-state index in [9.17, 15) is 14.4 Å². The molecule has 1 aromatic rings. The number of unbranched alkanes of at least 4 members (excludes halogenated alkanes) is 6. The molecular weight excluding hydrogens is 502 g/mol. The number of nitrogens with one attached hydrogen (secondary N) is 2. The molecule has 2 atom stereocenters. The van der Waals surface area contributed by atoms with Crippen LogP contribution in [0.4, 0.5) is 4.79 Å². The van der Waals surface area contributed by atoms with Gasteiger partial charge in [-0.1, -0.05) is 84.4 Å². The first kappa shape index (κ1) is 35.5. The van der Waals surface area contributed by atoms with Crippen molar-refractivity contribution < 1.29 is 19.1 Å². The third-order valence-electron chi connectivity index (χ3n) is 6.97. The van der Waals surface area contributed by atoms with Gasteiger partial charge in [0, 0.05) is 13.1 Å². The molecule has 0 saturated heterocycles. The largest absolute Gasteiger partial charge is 0.444 e. The highest BCUT2D eigenvalue weighted by atomic mass is 16.6. The van der Waals surface area contributed by atoms with Gasteiger partial charge in [-0.15, -0.1) is 0 Å². The minimum Gasteiger partial charge on any atom is -0.444 e. The molecule has 0 spiro atoms. The van der Waals surface area contributed by atoms with Crippen LogP contribution >= 0.6 is 0 Å². The van der Waals surface area contributed by atoms with Gasteiger partial charge in [-0.3, -0.25) is 9.59 Å². The molecule has 0 aromatic heterocycles. The number of hydrogen-bond donors (Lipinski definition) is 2. The molecular formula is C33H57N3O4. The maximum absolute atomic E-state index is 14.3. The average Bonchev–Trinajstić information content (AvgIpc) is 2.85. The minimum absolute atomic E-state index is 0.151. The lowest BCUT2D eigenvalue weighted by atomic mass is 9.96. The van der Waals surface area contributed by atoms with Crippen LogP contribution in [-0.2, 0) is 14.3 Å². The van der Waals surface area contributed by atoms with E-state index < -0.39 is 23.8 Å². The first-order valence-corrected chi connectivity index (χ1v) is 15.5. The van der Waals surface area contributed by atoms with Crippen LogP contribution < -0.4 is 10.6 Å². The maximum atomic E-state index is 14.3. The Labute approximate surface area is 244 Å². The Morgan fingerprint density at radius 2 is 1.52 bits per heavy atom. The van der Waals surface area contributed by atoms with Crippen molar-refractivity contribution in [3.8, 4) is 0 Å². The molecule has 0 aliphatic heterocycles. The van der Waals surface area contributed by atoms with Crippen LogP contribution in [0.15, 0.2) is 18.2 Å². The molecule has 2 unspecified atom stereocenters. The van der Waals surface area contributed by atoms with Crippen LogP contribution in [0.1, 0.15) is 129 Å². The van der Waals surface area contributed by atoms with Gasteiger partial charge in [-0.2, -0.15) is 0 Å². The fourth-order valence-electron chi connectivity index (χ4n) is 4.66. The van der Waals surface area contributed by atoms with E-state index in [2.05, 4.69) is 24.5 Å². The lowest BCUT2D eigenvalue weighted by molar-refractivity contribution is -0.143. The molecule has 228 valence electrons. The summed E-state index contributed by atoms with van der Waals surface area (Å²) in [6, 6.07) is 4.39. The molecule has 0 bridgehead atoms. The zero-order valence-corrected chi connectivity index (χ0v) is 26.8. The number of carbonyl (C=O) groups is 3. The second-order valence-corrected chi connectivity index (χ2v) is 12.5. The molecule has 0 aliphatic carbocycles. The van der Waals surface area contributed by atoms with Gasteiger partial charge in [0.15, 0.2) is 0 Å². The number of benzene rings is 1. The topological polar surface area (TPSA) is 87.7 Å². The molecule has 0 fully saturated rings. The highest BCUT2D eigenvalue weighted by molar-refractivity contribution is 5.92. The molecule has 2 N–H and O–H groups in total. The number of ether oxygens (including phenoxy) is 1. The summed E-state index contributed by atoms with van der Waals surface area (Å²) in [5.74, 6) is -0.281. The highest BCUT2D eigenvalue weighted by Gasteiger charge is 2.36. The lowest BCUT2D eigenvalue weighted by Crippen LogP contribution is -2.53. The van der Waals surface area contributed by atoms with Crippen molar-refractivity contribution in [2.24, 2.45) is 5.92 Å². The van der Waals surface area contributed by atoms with Crippen molar-refractivity contribution in [2.75, 3.05) is 13.1 Å². The van der Waals surface area contributed by atoms with Crippen molar-refractivity contribution in [2.45, 2.75) is 138 Å². The minimum atomic E-state index is -0.799. The van der Waals surface area contributed by atoms with Crippen LogP contribution in [-0.4, -0.2) is 47.5 Å². The summed E-state index contributed by atoms with van der Waals surface area (Å²) in [6.07, 6.45) is 8.06. The van der Waals surface area contributed by atoms with Crippen LogP contribution in [0.25, 0.3) is 0 Å². The van der Waals surface area contributed by atoms with Crippen molar-refractivity contribution in [3.63, 3.8) is 0 Å². The van der Waals surface area contributed by atoms with Gasteiger partial charge in [0.25, 0.3) is 0 Å². The third kappa shape index (κ3) is 13.2. The van der Waals surface area contributed by atoms with Gasteiger partial charge in [0.05, 0.1) is 0 Å². The van der Waals surface area contributed by atoms with E-state index in [1.54, 1.807) is 25.7 Å². The van der Waals surface area contributed by atoms with Gasteiger partial charge in [0.1, 0.15) is 17.7 Å². The van der Waals surface area contributed by atoms with Gasteiger partial charge in [-0.05, 0) is 76.5 Å². The number of hydrogen-bond acceptors (Lipinski definition) is 4. The summed E-state index contributed by atoms with van der Waals surface area (Å²) >= 11 is 0. The molecule has 40 heavy (non-hydrogen) atoms. The Morgan fingerprint density at radius 3 is 2.10 bits per heavy atom. The molecule has 3 amide bonds. The van der Waals surface area contributed by atoms with E-state index >= 15 is 0 Å². The molecule has 0 saturated carbocycles. The van der Waals surface area contributed by atoms with Crippen molar-refractivity contribution in [1.82, 2.24) is 15.5 Å². The fourth-order valence-corrected chi connectivity index (χ4v) is 4.66. The van der Waals surface area contributed by atoms with Gasteiger partial charge in [-0.25, -0.2) is 4.79 Å². The van der Waals surface area contributed by atoms with E-state index in [1.165, 1.54) is 19.3 Å². The molecule has 0 radical (unpaired) electrons. The number of carbonyl (C=O) groups excluding carboxylic acids is 3. The zero-order valence-electron chi connectivity index (χ0n) is 26.8. The number of aryl methyl sites for hydroxylation is 2. The van der Waals surface area contributed by atoms with E-state index in [4.69, 9.17) is 4.74 Å². The second-order valence-electron chi connectivity index (χ2n) is 12.5. The summed E-state index contributed by atoms with van der Waals surface area (Å²) < 4.78 is 5.50. The van der Waals surface area contributed by atoms with Crippen molar-refractivity contribution >= 4 is 17.9 Å². The van der Waals surface area contributed by atoms with E-state index in [0.29, 0.717) is 19.5 Å². The van der Waals surface area contributed by atoms with Crippen molar-refractivity contribution in [3.05, 3.63) is 34.9 Å². The molecule has 7 nitrogen and oxygen atoms in total. The van der Waals surface area contributed by atoms with Gasteiger partial charge >= 0.3 is 6.09 Å². The van der Waals surface area contributed by atoms with E-state index in [1.807, 2.05) is 45.9 Å². The summed E-state index contributed by atoms with van der Waals surface area (Å²) in [5, 5.41) is 5.91. The summed E-state index contributed by atoms with van der Waals surface area (Å²) in [5.41, 5.74) is 2.31. The van der Waals surface area contributed by atoms with Gasteiger partial charge in [0.2, 0.25) is 11.8 Å².